The molecule has 0 unspecified atom stereocenters. The number of benzene rings is 1. The van der Waals surface area contributed by atoms with Gasteiger partial charge in [0.25, 0.3) is 0 Å². The Kier molecular flexibility index (Phi) is 10.5. The third kappa shape index (κ3) is 9.42. The molecule has 18 heavy (non-hydrogen) atoms. The van der Waals surface area contributed by atoms with E-state index in [0.717, 1.165) is 18.4 Å². The molecule has 0 aliphatic heterocycles. The molecule has 0 aliphatic carbocycles. The number of hydrogen-bond acceptors (Lipinski definition) is 3. The van der Waals surface area contributed by atoms with Crippen molar-refractivity contribution < 1.29 is 14.6 Å². The van der Waals surface area contributed by atoms with Crippen LogP contribution in [0.5, 0.6) is 0 Å². The Hall–Kier alpha value is -1.81. The quantitative estimate of drug-likeness (QED) is 0.846. The first kappa shape index (κ1) is 16.2. The zero-order chi connectivity index (χ0) is 13.6. The molecule has 0 fully saturated rings. The second-order valence-electron chi connectivity index (χ2n) is 3.49. The number of carbonyl (C=O) groups is 1. The minimum atomic E-state index is -0.487. The zero-order valence-electron chi connectivity index (χ0n) is 10.8. The highest BCUT2D eigenvalue weighted by molar-refractivity contribution is 5.68. The molecule has 0 saturated carbocycles. The first-order chi connectivity index (χ1) is 8.74. The van der Waals surface area contributed by atoms with E-state index < -0.39 is 6.09 Å². The van der Waals surface area contributed by atoms with Crippen LogP contribution in [0.2, 0.25) is 0 Å². The number of carbonyl (C=O) groups excluding carboxylic acids is 1. The van der Waals surface area contributed by atoms with Crippen LogP contribution >= 0.6 is 0 Å². The fraction of sp³-hybridized carbons (Fsp3) is 0.357. The van der Waals surface area contributed by atoms with E-state index >= 15 is 0 Å². The van der Waals surface area contributed by atoms with Crippen LogP contribution in [0.3, 0.4) is 0 Å². The number of ether oxygens (including phenoxy) is 1. The number of aliphatic hydroxyl groups excluding tert-OH is 1. The van der Waals surface area contributed by atoms with E-state index in [9.17, 15) is 4.79 Å². The van der Waals surface area contributed by atoms with Crippen molar-refractivity contribution in [1.82, 2.24) is 5.32 Å². The van der Waals surface area contributed by atoms with Gasteiger partial charge in [-0.15, -0.1) is 0 Å². The van der Waals surface area contributed by atoms with Crippen LogP contribution in [0, 0.1) is 0 Å². The highest BCUT2D eigenvalue weighted by Crippen LogP contribution is 2.00. The van der Waals surface area contributed by atoms with Crippen molar-refractivity contribution in [3.05, 3.63) is 48.7 Å². The highest BCUT2D eigenvalue weighted by Gasteiger charge is 1.97. The van der Waals surface area contributed by atoms with Gasteiger partial charge in [0.05, 0.1) is 0 Å². The van der Waals surface area contributed by atoms with E-state index in [1.807, 2.05) is 30.3 Å². The number of amides is 1. The first-order valence-corrected chi connectivity index (χ1v) is 5.93. The molecule has 0 saturated heterocycles. The number of aliphatic hydroxyl groups is 1. The molecule has 1 rings (SSSR count). The number of nitrogens with one attached hydrogen (secondary N) is 1. The van der Waals surface area contributed by atoms with Crippen molar-refractivity contribution in [2.45, 2.75) is 26.4 Å². The predicted octanol–water partition coefficient (Wildman–Crippen LogP) is 2.84. The summed E-state index contributed by atoms with van der Waals surface area (Å²) in [4.78, 5) is 10.8. The first-order valence-electron chi connectivity index (χ1n) is 5.93. The smallest absolute Gasteiger partial charge is 0.411 e. The topological polar surface area (TPSA) is 58.6 Å². The molecule has 1 aromatic rings. The third-order valence-electron chi connectivity index (χ3n) is 1.94. The summed E-state index contributed by atoms with van der Waals surface area (Å²) in [6.07, 6.45) is 2.84. The van der Waals surface area contributed by atoms with Gasteiger partial charge in [-0.1, -0.05) is 50.3 Å². The number of hydrogen-bond donors (Lipinski definition) is 2. The van der Waals surface area contributed by atoms with Crippen LogP contribution in [0.25, 0.3) is 0 Å². The lowest BCUT2D eigenvalue weighted by atomic mass is 10.2. The van der Waals surface area contributed by atoms with E-state index in [-0.39, 0.29) is 6.61 Å². The van der Waals surface area contributed by atoms with E-state index in [1.54, 1.807) is 0 Å². The average Bonchev–Trinajstić information content (AvgIpc) is 2.40. The molecule has 100 valence electrons. The number of rotatable bonds is 5. The molecule has 0 radical (unpaired) electrons. The van der Waals surface area contributed by atoms with Crippen LogP contribution in [0.1, 0.15) is 25.3 Å². The van der Waals surface area contributed by atoms with Gasteiger partial charge in [-0.2, -0.15) is 0 Å². The molecular formula is C14H21NO3. The average molecular weight is 251 g/mol. The molecule has 2 N–H and O–H groups in total. The van der Waals surface area contributed by atoms with Gasteiger partial charge in [-0.3, -0.25) is 5.32 Å². The van der Waals surface area contributed by atoms with Crippen molar-refractivity contribution in [3.8, 4) is 0 Å². The van der Waals surface area contributed by atoms with Gasteiger partial charge in [-0.25, -0.2) is 4.79 Å². The van der Waals surface area contributed by atoms with E-state index in [4.69, 9.17) is 9.84 Å². The second-order valence-corrected chi connectivity index (χ2v) is 3.49. The minimum Gasteiger partial charge on any atom is -0.444 e. The summed E-state index contributed by atoms with van der Waals surface area (Å²) in [5.41, 5.74) is 0.960. The Morgan fingerprint density at radius 1 is 1.44 bits per heavy atom. The lowest BCUT2D eigenvalue weighted by molar-refractivity contribution is 0.143. The van der Waals surface area contributed by atoms with Gasteiger partial charge in [0, 0.05) is 6.61 Å². The molecule has 1 amide bonds. The molecule has 1 aromatic carbocycles. The van der Waals surface area contributed by atoms with E-state index in [0.29, 0.717) is 6.61 Å². The number of alkyl carbamates (subject to hydrolysis) is 1. The molecular weight excluding hydrogens is 230 g/mol. The van der Waals surface area contributed by atoms with Crippen LogP contribution in [-0.4, -0.2) is 17.8 Å². The highest BCUT2D eigenvalue weighted by atomic mass is 16.5. The fourth-order valence-electron chi connectivity index (χ4n) is 1.01. The molecule has 0 aromatic heterocycles. The van der Waals surface area contributed by atoms with Gasteiger partial charge in [0.15, 0.2) is 0 Å². The van der Waals surface area contributed by atoms with Gasteiger partial charge in [-0.05, 0) is 18.2 Å². The van der Waals surface area contributed by atoms with E-state index in [1.165, 1.54) is 6.20 Å². The Labute approximate surface area is 108 Å². The molecule has 4 nitrogen and oxygen atoms in total. The summed E-state index contributed by atoms with van der Waals surface area (Å²) in [5, 5.41) is 10.4. The lowest BCUT2D eigenvalue weighted by Crippen LogP contribution is -2.17. The summed E-state index contributed by atoms with van der Waals surface area (Å²) >= 11 is 0. The van der Waals surface area contributed by atoms with Crippen LogP contribution in [0.4, 0.5) is 4.79 Å². The zero-order valence-corrected chi connectivity index (χ0v) is 10.8. The van der Waals surface area contributed by atoms with Gasteiger partial charge >= 0.3 is 6.09 Å². The number of unbranched alkanes of at least 4 members (excludes halogenated alkanes) is 1. The lowest BCUT2D eigenvalue weighted by Gasteiger charge is -2.02. The van der Waals surface area contributed by atoms with Crippen LogP contribution in [0.15, 0.2) is 43.1 Å². The van der Waals surface area contributed by atoms with Gasteiger partial charge in [0.1, 0.15) is 6.61 Å². The van der Waals surface area contributed by atoms with Crippen molar-refractivity contribution in [1.29, 1.82) is 0 Å². The fourth-order valence-corrected chi connectivity index (χ4v) is 1.01. The molecule has 0 heterocycles. The minimum absolute atomic E-state index is 0.278. The summed E-state index contributed by atoms with van der Waals surface area (Å²) in [6.45, 7) is 6.02. The summed E-state index contributed by atoms with van der Waals surface area (Å²) < 4.78 is 4.85. The largest absolute Gasteiger partial charge is 0.444 e. The molecule has 4 heteroatoms. The maximum Gasteiger partial charge on any atom is 0.411 e. The normalized spacial score (nSPS) is 8.78. The summed E-state index contributed by atoms with van der Waals surface area (Å²) in [6, 6.07) is 9.48. The van der Waals surface area contributed by atoms with Crippen molar-refractivity contribution in [3.63, 3.8) is 0 Å². The van der Waals surface area contributed by atoms with Gasteiger partial charge < -0.3 is 9.84 Å². The molecule has 0 atom stereocenters. The molecule has 0 aliphatic rings. The molecule has 0 bridgehead atoms. The Morgan fingerprint density at radius 3 is 2.56 bits per heavy atom. The van der Waals surface area contributed by atoms with E-state index in [2.05, 4.69) is 18.8 Å². The Morgan fingerprint density at radius 2 is 2.11 bits per heavy atom. The van der Waals surface area contributed by atoms with Crippen LogP contribution in [-0.2, 0) is 11.3 Å². The third-order valence-corrected chi connectivity index (χ3v) is 1.94. The standard InChI is InChI=1S/C10H11NO2.C4H10O/c1-2-11-10(12)13-8-9-6-4-3-5-7-9;1-2-3-4-5/h2-7H,1,8H2,(H,11,12);5H,2-4H2,1H3. The summed E-state index contributed by atoms with van der Waals surface area (Å²) in [5.74, 6) is 0. The van der Waals surface area contributed by atoms with Gasteiger partial charge in [0.2, 0.25) is 0 Å². The maximum atomic E-state index is 10.8. The van der Waals surface area contributed by atoms with Crippen molar-refractivity contribution >= 4 is 6.09 Å². The van der Waals surface area contributed by atoms with Crippen molar-refractivity contribution in [2.75, 3.05) is 6.61 Å². The second kappa shape index (κ2) is 11.7. The van der Waals surface area contributed by atoms with Crippen LogP contribution < -0.4 is 5.32 Å². The van der Waals surface area contributed by atoms with Crippen molar-refractivity contribution in [2.24, 2.45) is 0 Å². The molecule has 0 spiro atoms. The monoisotopic (exact) mass is 251 g/mol. The Bertz CT molecular complexity index is 323. The SMILES string of the molecule is C=CNC(=O)OCc1ccccc1.CCCCO. The summed E-state index contributed by atoms with van der Waals surface area (Å²) in [7, 11) is 0. The predicted molar refractivity (Wildman–Crippen MR) is 72.0 cm³/mol. The Balaban J connectivity index is 0.000000494. The maximum absolute atomic E-state index is 10.8.